The molecule has 2 aromatic heterocycles. The maximum atomic E-state index is 5.43. The van der Waals surface area contributed by atoms with Gasteiger partial charge in [0, 0.05) is 40.7 Å². The second-order valence-electron chi connectivity index (χ2n) is 14.8. The zero-order valence-electron chi connectivity index (χ0n) is 29.6. The molecule has 0 unspecified atom stereocenters. The molecule has 0 atom stereocenters. The van der Waals surface area contributed by atoms with Gasteiger partial charge in [0.2, 0.25) is 0 Å². The Morgan fingerprint density at radius 1 is 0.604 bits per heavy atom. The van der Waals surface area contributed by atoms with Crippen LogP contribution in [0.25, 0.3) is 56.3 Å². The van der Waals surface area contributed by atoms with Gasteiger partial charge in [0.15, 0.2) is 11.6 Å². The number of aliphatic imine (C=N–C) groups is 1. The number of aromatic nitrogens is 4. The summed E-state index contributed by atoms with van der Waals surface area (Å²) < 4.78 is 4.64. The minimum absolute atomic E-state index is 0.266. The van der Waals surface area contributed by atoms with Crippen LogP contribution in [0.3, 0.4) is 0 Å². The summed E-state index contributed by atoms with van der Waals surface area (Å²) in [7, 11) is 0. The van der Waals surface area contributed by atoms with Gasteiger partial charge in [-0.15, -0.1) is 0 Å². The largest absolute Gasteiger partial charge is 0.378 e. The van der Waals surface area contributed by atoms with Crippen molar-refractivity contribution >= 4 is 39.6 Å². The molecule has 8 aromatic rings. The van der Waals surface area contributed by atoms with Crippen LogP contribution in [0.2, 0.25) is 0 Å². The summed E-state index contributed by atoms with van der Waals surface area (Å²) >= 11 is 0. The van der Waals surface area contributed by atoms with Gasteiger partial charge in [-0.3, -0.25) is 14.1 Å². The summed E-state index contributed by atoms with van der Waals surface area (Å²) in [4.78, 5) is 15.9. The van der Waals surface area contributed by atoms with Gasteiger partial charge in [-0.1, -0.05) is 105 Å². The highest BCUT2D eigenvalue weighted by molar-refractivity contribution is 6.14. The molecule has 11 rings (SSSR count). The van der Waals surface area contributed by atoms with E-state index in [-0.39, 0.29) is 5.41 Å². The molecule has 6 heteroatoms. The number of imidazole rings is 2. The maximum absolute atomic E-state index is 5.43. The minimum atomic E-state index is -0.266. The number of nitrogens with one attached hydrogen (secondary N) is 1. The number of fused-ring (bicyclic) bond motifs is 7. The molecule has 0 saturated carbocycles. The molecule has 3 aliphatic rings. The summed E-state index contributed by atoms with van der Waals surface area (Å²) in [6.45, 7) is 6.23. The first kappa shape index (κ1) is 30.1. The topological polar surface area (TPSA) is 60.0 Å². The van der Waals surface area contributed by atoms with Gasteiger partial charge in [-0.25, -0.2) is 9.97 Å². The van der Waals surface area contributed by atoms with Crippen LogP contribution >= 0.6 is 0 Å². The molecule has 6 aromatic carbocycles. The highest BCUT2D eigenvalue weighted by Crippen LogP contribution is 2.51. The van der Waals surface area contributed by atoms with Gasteiger partial charge in [0.1, 0.15) is 5.71 Å². The predicted molar refractivity (Wildman–Crippen MR) is 215 cm³/mol. The van der Waals surface area contributed by atoms with Crippen molar-refractivity contribution in [2.75, 3.05) is 13.1 Å². The molecule has 0 spiro atoms. The quantitative estimate of drug-likeness (QED) is 0.208. The molecular weight excluding hydrogens is 649 g/mol. The molecule has 1 aliphatic carbocycles. The van der Waals surface area contributed by atoms with Crippen LogP contribution in [0.15, 0.2) is 138 Å². The number of nitrogens with zero attached hydrogens (tertiary/aromatic N) is 5. The highest BCUT2D eigenvalue weighted by atomic mass is 15.1. The fourth-order valence-corrected chi connectivity index (χ4v) is 8.87. The van der Waals surface area contributed by atoms with E-state index in [9.17, 15) is 0 Å². The van der Waals surface area contributed by atoms with E-state index in [1.54, 1.807) is 0 Å². The standard InChI is InChI=1S/C47H36N6/c1-47(2)37-27-41-39(50-45(52(41)31-15-5-3-6-16-31)43-33-19-11-9-13-29(33)21-23-48-43)25-35(37)36-26-40-42(28-38(36)47)53(32-17-7-4-8-18-32)46(51-40)44-34-20-12-10-14-30(34)22-24-49-44/h3-21,25-28,48H,22-24H2,1-2H3. The van der Waals surface area contributed by atoms with Crippen LogP contribution < -0.4 is 15.8 Å². The molecule has 6 nitrogen and oxygen atoms in total. The molecule has 2 aliphatic heterocycles. The Kier molecular flexibility index (Phi) is 6.39. The van der Waals surface area contributed by atoms with Gasteiger partial charge in [0.25, 0.3) is 0 Å². The molecular formula is C47H36N6. The van der Waals surface area contributed by atoms with Crippen molar-refractivity contribution in [3.05, 3.63) is 178 Å². The van der Waals surface area contributed by atoms with Crippen molar-refractivity contribution in [2.24, 2.45) is 4.99 Å². The van der Waals surface area contributed by atoms with Crippen LogP contribution in [-0.2, 0) is 11.8 Å². The van der Waals surface area contributed by atoms with Crippen LogP contribution in [0, 0.1) is 0 Å². The Balaban J connectivity index is 1.16. The molecule has 254 valence electrons. The molecule has 0 saturated heterocycles. The number of hydrogen-bond donors (Lipinski definition) is 1. The third kappa shape index (κ3) is 4.42. The molecule has 4 heterocycles. The Bertz CT molecular complexity index is 2960. The van der Waals surface area contributed by atoms with E-state index in [0.29, 0.717) is 0 Å². The molecule has 0 bridgehead atoms. The Morgan fingerprint density at radius 2 is 1.19 bits per heavy atom. The van der Waals surface area contributed by atoms with Crippen LogP contribution in [0.5, 0.6) is 0 Å². The van der Waals surface area contributed by atoms with E-state index >= 15 is 0 Å². The van der Waals surface area contributed by atoms with Crippen molar-refractivity contribution in [1.82, 2.24) is 24.4 Å². The van der Waals surface area contributed by atoms with Gasteiger partial charge < -0.3 is 5.32 Å². The monoisotopic (exact) mass is 684 g/mol. The SMILES string of the molecule is CC1(C)c2cc3c(cc2-c2cc4nc(C5=c6ccccc6=CCN5)n(-c5ccccc5)c4cc21)nc(C1=NCCc2ccccc21)n3-c1ccccc1. The summed E-state index contributed by atoms with van der Waals surface area (Å²) in [5.74, 6) is 1.81. The summed E-state index contributed by atoms with van der Waals surface area (Å²) in [6.07, 6.45) is 3.19. The van der Waals surface area contributed by atoms with E-state index in [2.05, 4.69) is 168 Å². The Labute approximate surface area is 307 Å². The number of hydrogen-bond acceptors (Lipinski definition) is 4. The number of rotatable bonds is 4. The molecule has 0 fully saturated rings. The Hall–Kier alpha value is -6.53. The van der Waals surface area contributed by atoms with Gasteiger partial charge in [0.05, 0.1) is 27.8 Å². The van der Waals surface area contributed by atoms with Gasteiger partial charge in [-0.05, 0) is 88.0 Å². The van der Waals surface area contributed by atoms with E-state index < -0.39 is 0 Å². The van der Waals surface area contributed by atoms with Gasteiger partial charge in [-0.2, -0.15) is 0 Å². The minimum Gasteiger partial charge on any atom is -0.378 e. The molecule has 0 radical (unpaired) electrons. The van der Waals surface area contributed by atoms with E-state index in [1.165, 1.54) is 43.8 Å². The fourth-order valence-electron chi connectivity index (χ4n) is 8.87. The third-order valence-electron chi connectivity index (χ3n) is 11.4. The zero-order chi connectivity index (χ0) is 35.3. The number of para-hydroxylation sites is 2. The second-order valence-corrected chi connectivity index (χ2v) is 14.8. The lowest BCUT2D eigenvalue weighted by Crippen LogP contribution is -2.38. The van der Waals surface area contributed by atoms with Crippen molar-refractivity contribution in [3.8, 4) is 22.5 Å². The first-order chi connectivity index (χ1) is 26.0. The average molecular weight is 685 g/mol. The third-order valence-corrected chi connectivity index (χ3v) is 11.4. The Morgan fingerprint density at radius 3 is 1.89 bits per heavy atom. The molecule has 0 amide bonds. The van der Waals surface area contributed by atoms with Crippen LogP contribution in [0.4, 0.5) is 0 Å². The lowest BCUT2D eigenvalue weighted by Gasteiger charge is -2.22. The normalized spacial score (nSPS) is 15.3. The lowest BCUT2D eigenvalue weighted by molar-refractivity contribution is 0.661. The predicted octanol–water partition coefficient (Wildman–Crippen LogP) is 7.60. The fraction of sp³-hybridized carbons (Fsp3) is 0.128. The average Bonchev–Trinajstić information content (AvgIpc) is 3.84. The molecule has 1 N–H and O–H groups in total. The van der Waals surface area contributed by atoms with E-state index in [1.807, 2.05) is 0 Å². The summed E-state index contributed by atoms with van der Waals surface area (Å²) in [5.41, 5.74) is 15.5. The molecule has 53 heavy (non-hydrogen) atoms. The first-order valence-corrected chi connectivity index (χ1v) is 18.5. The van der Waals surface area contributed by atoms with E-state index in [4.69, 9.17) is 15.0 Å². The van der Waals surface area contributed by atoms with Crippen molar-refractivity contribution in [2.45, 2.75) is 25.7 Å². The number of benzene rings is 6. The van der Waals surface area contributed by atoms with Gasteiger partial charge >= 0.3 is 0 Å². The highest BCUT2D eigenvalue weighted by Gasteiger charge is 2.38. The van der Waals surface area contributed by atoms with E-state index in [0.717, 1.165) is 76.0 Å². The second kappa shape index (κ2) is 11.2. The first-order valence-electron chi connectivity index (χ1n) is 18.5. The van der Waals surface area contributed by atoms with Crippen molar-refractivity contribution in [3.63, 3.8) is 0 Å². The van der Waals surface area contributed by atoms with Crippen molar-refractivity contribution in [1.29, 1.82) is 0 Å². The lowest BCUT2D eigenvalue weighted by atomic mass is 9.82. The summed E-state index contributed by atoms with van der Waals surface area (Å²) in [6, 6.07) is 47.8. The van der Waals surface area contributed by atoms with Crippen LogP contribution in [-0.4, -0.2) is 37.9 Å². The van der Waals surface area contributed by atoms with Crippen LogP contribution in [0.1, 0.15) is 47.8 Å². The zero-order valence-corrected chi connectivity index (χ0v) is 29.6. The smallest absolute Gasteiger partial charge is 0.164 e. The maximum Gasteiger partial charge on any atom is 0.164 e. The van der Waals surface area contributed by atoms with Crippen molar-refractivity contribution < 1.29 is 0 Å². The summed E-state index contributed by atoms with van der Waals surface area (Å²) in [5, 5.41) is 6.08.